The maximum absolute atomic E-state index is 12.0. The van der Waals surface area contributed by atoms with Crippen LogP contribution in [-0.4, -0.2) is 32.1 Å². The van der Waals surface area contributed by atoms with E-state index in [9.17, 15) is 4.79 Å². The molecule has 0 saturated carbocycles. The molecule has 0 bridgehead atoms. The van der Waals surface area contributed by atoms with Gasteiger partial charge in [0.1, 0.15) is 5.75 Å². The Morgan fingerprint density at radius 2 is 2.30 bits per heavy atom. The zero-order chi connectivity index (χ0) is 14.4. The highest BCUT2D eigenvalue weighted by Gasteiger charge is 2.17. The Morgan fingerprint density at radius 3 is 3.00 bits per heavy atom. The molecule has 0 spiro atoms. The average molecular weight is 276 g/mol. The first kappa shape index (κ1) is 14.9. The molecule has 1 fully saturated rings. The number of para-hydroxylation sites is 1. The van der Waals surface area contributed by atoms with Gasteiger partial charge in [-0.1, -0.05) is 25.1 Å². The lowest BCUT2D eigenvalue weighted by molar-refractivity contribution is -0.121. The van der Waals surface area contributed by atoms with Gasteiger partial charge in [-0.25, -0.2) is 0 Å². The summed E-state index contributed by atoms with van der Waals surface area (Å²) in [5.74, 6) is 1.12. The molecular weight excluding hydrogens is 252 g/mol. The number of rotatable bonds is 6. The Labute approximate surface area is 120 Å². The molecule has 20 heavy (non-hydrogen) atoms. The molecule has 4 heteroatoms. The van der Waals surface area contributed by atoms with Crippen LogP contribution in [0.4, 0.5) is 0 Å². The van der Waals surface area contributed by atoms with Crippen molar-refractivity contribution in [2.24, 2.45) is 0 Å². The highest BCUT2D eigenvalue weighted by Crippen LogP contribution is 2.28. The second-order valence-electron chi connectivity index (χ2n) is 5.44. The van der Waals surface area contributed by atoms with E-state index in [0.717, 1.165) is 30.8 Å². The van der Waals surface area contributed by atoms with E-state index in [1.54, 1.807) is 7.11 Å². The van der Waals surface area contributed by atoms with Crippen LogP contribution in [0.15, 0.2) is 24.3 Å². The van der Waals surface area contributed by atoms with Gasteiger partial charge >= 0.3 is 0 Å². The third-order valence-corrected chi connectivity index (χ3v) is 3.87. The van der Waals surface area contributed by atoms with E-state index < -0.39 is 0 Å². The number of benzene rings is 1. The molecular formula is C16H24N2O2. The molecule has 1 amide bonds. The lowest BCUT2D eigenvalue weighted by atomic mass is 9.96. The summed E-state index contributed by atoms with van der Waals surface area (Å²) in [5.41, 5.74) is 1.09. The van der Waals surface area contributed by atoms with Crippen LogP contribution >= 0.6 is 0 Å². The number of nitrogens with one attached hydrogen (secondary N) is 2. The van der Waals surface area contributed by atoms with Gasteiger partial charge in [0, 0.05) is 19.0 Å². The minimum atomic E-state index is 0.108. The van der Waals surface area contributed by atoms with Crippen molar-refractivity contribution in [1.29, 1.82) is 0 Å². The summed E-state index contributed by atoms with van der Waals surface area (Å²) >= 11 is 0. The predicted octanol–water partition coefficient (Wildman–Crippen LogP) is 2.06. The molecule has 1 aromatic carbocycles. The third kappa shape index (κ3) is 3.97. The summed E-state index contributed by atoms with van der Waals surface area (Å²) in [6, 6.07) is 8.33. The van der Waals surface area contributed by atoms with Gasteiger partial charge in [0.2, 0.25) is 5.91 Å². The fourth-order valence-electron chi connectivity index (χ4n) is 2.70. The molecule has 1 aromatic rings. The van der Waals surface area contributed by atoms with Crippen molar-refractivity contribution in [3.8, 4) is 5.75 Å². The number of methoxy groups -OCH3 is 1. The van der Waals surface area contributed by atoms with Gasteiger partial charge < -0.3 is 15.4 Å². The first-order valence-corrected chi connectivity index (χ1v) is 7.33. The van der Waals surface area contributed by atoms with E-state index >= 15 is 0 Å². The molecule has 1 aliphatic heterocycles. The number of hydrogen-bond acceptors (Lipinski definition) is 3. The number of carbonyl (C=O) groups is 1. The fraction of sp³-hybridized carbons (Fsp3) is 0.562. The summed E-state index contributed by atoms with van der Waals surface area (Å²) in [7, 11) is 1.66. The molecule has 2 rings (SSSR count). The van der Waals surface area contributed by atoms with Crippen LogP contribution in [0, 0.1) is 0 Å². The van der Waals surface area contributed by atoms with Crippen LogP contribution in [0.3, 0.4) is 0 Å². The molecule has 1 saturated heterocycles. The molecule has 2 atom stereocenters. The number of ether oxygens (including phenoxy) is 1. The topological polar surface area (TPSA) is 50.4 Å². The van der Waals surface area contributed by atoms with Crippen LogP contribution in [-0.2, 0) is 4.79 Å². The van der Waals surface area contributed by atoms with Crippen LogP contribution in [0.25, 0.3) is 0 Å². The molecule has 4 nitrogen and oxygen atoms in total. The van der Waals surface area contributed by atoms with Gasteiger partial charge in [-0.15, -0.1) is 0 Å². The lowest BCUT2D eigenvalue weighted by Gasteiger charge is -2.16. The van der Waals surface area contributed by atoms with Crippen molar-refractivity contribution < 1.29 is 9.53 Å². The molecule has 1 heterocycles. The van der Waals surface area contributed by atoms with Crippen LogP contribution in [0.2, 0.25) is 0 Å². The zero-order valence-corrected chi connectivity index (χ0v) is 12.3. The van der Waals surface area contributed by atoms with Crippen LogP contribution < -0.4 is 15.4 Å². The number of hydrogen-bond donors (Lipinski definition) is 2. The van der Waals surface area contributed by atoms with Crippen LogP contribution in [0.1, 0.15) is 37.7 Å². The summed E-state index contributed by atoms with van der Waals surface area (Å²) < 4.78 is 5.35. The largest absolute Gasteiger partial charge is 0.496 e. The van der Waals surface area contributed by atoms with Gasteiger partial charge in [0.05, 0.1) is 7.11 Å². The van der Waals surface area contributed by atoms with E-state index in [1.165, 1.54) is 6.42 Å². The number of carbonyl (C=O) groups excluding carboxylic acids is 1. The highest BCUT2D eigenvalue weighted by atomic mass is 16.5. The fourth-order valence-corrected chi connectivity index (χ4v) is 2.70. The monoisotopic (exact) mass is 276 g/mol. The average Bonchev–Trinajstić information content (AvgIpc) is 2.98. The molecule has 0 radical (unpaired) electrons. The van der Waals surface area contributed by atoms with Gasteiger partial charge in [-0.3, -0.25) is 4.79 Å². The Hall–Kier alpha value is -1.55. The first-order chi connectivity index (χ1) is 9.70. The van der Waals surface area contributed by atoms with Gasteiger partial charge in [0.25, 0.3) is 0 Å². The standard InChI is InChI=1S/C16H24N2O2/c1-12(14-7-3-4-8-15(14)20-2)10-16(19)18-11-13-6-5-9-17-13/h3-4,7-8,12-13,17H,5-6,9-11H2,1-2H3,(H,18,19). The van der Waals surface area contributed by atoms with Gasteiger partial charge in [-0.2, -0.15) is 0 Å². The van der Waals surface area contributed by atoms with Crippen molar-refractivity contribution in [2.45, 2.75) is 38.1 Å². The Balaban J connectivity index is 1.83. The predicted molar refractivity (Wildman–Crippen MR) is 80.1 cm³/mol. The number of amides is 1. The summed E-state index contributed by atoms with van der Waals surface area (Å²) in [6.07, 6.45) is 2.85. The van der Waals surface area contributed by atoms with Gasteiger partial charge in [-0.05, 0) is 36.9 Å². The maximum atomic E-state index is 12.0. The van der Waals surface area contributed by atoms with E-state index in [1.807, 2.05) is 24.3 Å². The summed E-state index contributed by atoms with van der Waals surface area (Å²) in [5, 5.41) is 6.40. The van der Waals surface area contributed by atoms with Gasteiger partial charge in [0.15, 0.2) is 0 Å². The summed E-state index contributed by atoms with van der Waals surface area (Å²) in [4.78, 5) is 12.0. The third-order valence-electron chi connectivity index (χ3n) is 3.87. The minimum absolute atomic E-state index is 0.108. The zero-order valence-electron chi connectivity index (χ0n) is 12.3. The maximum Gasteiger partial charge on any atom is 0.220 e. The van der Waals surface area contributed by atoms with Crippen molar-refractivity contribution in [3.63, 3.8) is 0 Å². The SMILES string of the molecule is COc1ccccc1C(C)CC(=O)NCC1CCCN1. The Morgan fingerprint density at radius 1 is 1.50 bits per heavy atom. The van der Waals surface area contributed by atoms with Crippen molar-refractivity contribution in [2.75, 3.05) is 20.2 Å². The van der Waals surface area contributed by atoms with E-state index in [4.69, 9.17) is 4.74 Å². The second kappa shape index (κ2) is 7.29. The Bertz CT molecular complexity index is 442. The highest BCUT2D eigenvalue weighted by molar-refractivity contribution is 5.77. The molecule has 0 aromatic heterocycles. The normalized spacial score (nSPS) is 19.6. The lowest BCUT2D eigenvalue weighted by Crippen LogP contribution is -2.37. The Kier molecular flexibility index (Phi) is 5.41. The first-order valence-electron chi connectivity index (χ1n) is 7.33. The molecule has 2 N–H and O–H groups in total. The van der Waals surface area contributed by atoms with E-state index in [0.29, 0.717) is 12.5 Å². The van der Waals surface area contributed by atoms with E-state index in [-0.39, 0.29) is 11.8 Å². The van der Waals surface area contributed by atoms with Crippen molar-refractivity contribution in [1.82, 2.24) is 10.6 Å². The molecule has 2 unspecified atom stereocenters. The second-order valence-corrected chi connectivity index (χ2v) is 5.44. The molecule has 1 aliphatic rings. The summed E-state index contributed by atoms with van der Waals surface area (Å²) in [6.45, 7) is 3.86. The smallest absolute Gasteiger partial charge is 0.220 e. The quantitative estimate of drug-likeness (QED) is 0.836. The minimum Gasteiger partial charge on any atom is -0.496 e. The van der Waals surface area contributed by atoms with Crippen LogP contribution in [0.5, 0.6) is 5.75 Å². The van der Waals surface area contributed by atoms with E-state index in [2.05, 4.69) is 17.6 Å². The molecule has 110 valence electrons. The molecule has 0 aliphatic carbocycles. The van der Waals surface area contributed by atoms with Crippen molar-refractivity contribution >= 4 is 5.91 Å². The van der Waals surface area contributed by atoms with Crippen molar-refractivity contribution in [3.05, 3.63) is 29.8 Å².